The molecule has 0 bridgehead atoms. The van der Waals surface area contributed by atoms with E-state index in [9.17, 15) is 13.2 Å². The van der Waals surface area contributed by atoms with Crippen LogP contribution in [0.2, 0.25) is 0 Å². The summed E-state index contributed by atoms with van der Waals surface area (Å²) in [7, 11) is -3.90. The van der Waals surface area contributed by atoms with E-state index >= 15 is 0 Å². The molecule has 132 valence electrons. The highest BCUT2D eigenvalue weighted by Crippen LogP contribution is 2.20. The number of rotatable bonds is 6. The summed E-state index contributed by atoms with van der Waals surface area (Å²) in [6.45, 7) is -0.527. The van der Waals surface area contributed by atoms with Crippen molar-refractivity contribution in [2.45, 2.75) is 4.90 Å². The predicted molar refractivity (Wildman–Crippen MR) is 98.5 cm³/mol. The molecule has 7 nitrogen and oxygen atoms in total. The number of anilines is 1. The zero-order chi connectivity index (χ0) is 19.2. The molecular formula is C17H13BrN4O3S. The summed E-state index contributed by atoms with van der Waals surface area (Å²) in [6, 6.07) is 15.6. The summed E-state index contributed by atoms with van der Waals surface area (Å²) in [6.07, 6.45) is 0. The SMILES string of the molecule is N#CCN(CC#N)C(=O)c1cccc(S(=O)(=O)Nc2ccc(Br)cc2)c1. The molecule has 2 aromatic carbocycles. The first-order chi connectivity index (χ1) is 12.4. The zero-order valence-corrected chi connectivity index (χ0v) is 15.8. The smallest absolute Gasteiger partial charge is 0.261 e. The zero-order valence-electron chi connectivity index (χ0n) is 13.4. The molecule has 9 heteroatoms. The number of nitrogens with zero attached hydrogens (tertiary/aromatic N) is 3. The largest absolute Gasteiger partial charge is 0.312 e. The van der Waals surface area contributed by atoms with Crippen LogP contribution in [0.4, 0.5) is 5.69 Å². The number of hydrogen-bond donors (Lipinski definition) is 1. The second kappa shape index (κ2) is 8.48. The number of amides is 1. The minimum Gasteiger partial charge on any atom is -0.312 e. The molecule has 0 aliphatic carbocycles. The van der Waals surface area contributed by atoms with Crippen molar-refractivity contribution in [1.29, 1.82) is 10.5 Å². The van der Waals surface area contributed by atoms with Crippen molar-refractivity contribution in [1.82, 2.24) is 4.90 Å². The van der Waals surface area contributed by atoms with Gasteiger partial charge in [0.1, 0.15) is 13.1 Å². The number of carbonyl (C=O) groups excluding carboxylic acids is 1. The molecule has 0 fully saturated rings. The first-order valence-corrected chi connectivity index (χ1v) is 9.56. The van der Waals surface area contributed by atoms with Crippen LogP contribution in [0, 0.1) is 22.7 Å². The number of benzene rings is 2. The minimum absolute atomic E-state index is 0.0779. The summed E-state index contributed by atoms with van der Waals surface area (Å²) in [5.41, 5.74) is 0.453. The maximum Gasteiger partial charge on any atom is 0.261 e. The number of nitriles is 2. The number of sulfonamides is 1. The van der Waals surface area contributed by atoms with Crippen LogP contribution in [0.5, 0.6) is 0 Å². The molecule has 0 atom stereocenters. The van der Waals surface area contributed by atoms with E-state index in [0.29, 0.717) is 5.69 Å². The lowest BCUT2D eigenvalue weighted by Crippen LogP contribution is -2.31. The van der Waals surface area contributed by atoms with Gasteiger partial charge in [-0.3, -0.25) is 9.52 Å². The van der Waals surface area contributed by atoms with Crippen molar-refractivity contribution >= 4 is 37.5 Å². The van der Waals surface area contributed by atoms with Crippen LogP contribution in [-0.4, -0.2) is 32.3 Å². The van der Waals surface area contributed by atoms with Crippen molar-refractivity contribution in [3.63, 3.8) is 0 Å². The van der Waals surface area contributed by atoms with E-state index in [1.807, 2.05) is 0 Å². The molecule has 1 amide bonds. The monoisotopic (exact) mass is 432 g/mol. The molecule has 0 saturated heterocycles. The fourth-order valence-corrected chi connectivity index (χ4v) is 3.45. The highest BCUT2D eigenvalue weighted by molar-refractivity contribution is 9.10. The van der Waals surface area contributed by atoms with Crippen LogP contribution < -0.4 is 4.72 Å². The Morgan fingerprint density at radius 1 is 1.08 bits per heavy atom. The minimum atomic E-state index is -3.90. The van der Waals surface area contributed by atoms with E-state index < -0.39 is 15.9 Å². The topological polar surface area (TPSA) is 114 Å². The molecule has 2 rings (SSSR count). The lowest BCUT2D eigenvalue weighted by molar-refractivity contribution is 0.0794. The Balaban J connectivity index is 2.30. The van der Waals surface area contributed by atoms with E-state index in [4.69, 9.17) is 10.5 Å². The molecular weight excluding hydrogens is 420 g/mol. The summed E-state index contributed by atoms with van der Waals surface area (Å²) in [5.74, 6) is -0.589. The van der Waals surface area contributed by atoms with Crippen molar-refractivity contribution in [3.05, 3.63) is 58.6 Å². The Morgan fingerprint density at radius 2 is 1.69 bits per heavy atom. The van der Waals surface area contributed by atoms with E-state index in [1.54, 1.807) is 36.4 Å². The quantitative estimate of drug-likeness (QED) is 0.704. The van der Waals surface area contributed by atoms with E-state index in [1.165, 1.54) is 24.3 Å². The van der Waals surface area contributed by atoms with Crippen molar-refractivity contribution in [2.75, 3.05) is 17.8 Å². The Labute approximate surface area is 159 Å². The Kier molecular flexibility index (Phi) is 6.34. The lowest BCUT2D eigenvalue weighted by Gasteiger charge is -2.16. The molecule has 0 aromatic heterocycles. The molecule has 26 heavy (non-hydrogen) atoms. The first-order valence-electron chi connectivity index (χ1n) is 7.29. The van der Waals surface area contributed by atoms with Gasteiger partial charge in [0.15, 0.2) is 0 Å². The van der Waals surface area contributed by atoms with Gasteiger partial charge in [0, 0.05) is 15.7 Å². The predicted octanol–water partition coefficient (Wildman–Crippen LogP) is 2.74. The average Bonchev–Trinajstić information content (AvgIpc) is 2.63. The second-order valence-electron chi connectivity index (χ2n) is 5.12. The highest BCUT2D eigenvalue weighted by atomic mass is 79.9. The number of halogens is 1. The Morgan fingerprint density at radius 3 is 2.27 bits per heavy atom. The van der Waals surface area contributed by atoms with Gasteiger partial charge < -0.3 is 4.90 Å². The van der Waals surface area contributed by atoms with Crippen LogP contribution >= 0.6 is 15.9 Å². The van der Waals surface area contributed by atoms with Gasteiger partial charge in [-0.25, -0.2) is 8.42 Å². The Hall–Kier alpha value is -2.88. The third kappa shape index (κ3) is 4.82. The van der Waals surface area contributed by atoms with Gasteiger partial charge in [-0.15, -0.1) is 0 Å². The van der Waals surface area contributed by atoms with E-state index in [-0.39, 0.29) is 23.5 Å². The number of nitrogens with one attached hydrogen (secondary N) is 1. The van der Waals surface area contributed by atoms with Gasteiger partial charge in [0.2, 0.25) is 0 Å². The average molecular weight is 433 g/mol. The van der Waals surface area contributed by atoms with E-state index in [2.05, 4.69) is 20.7 Å². The van der Waals surface area contributed by atoms with Gasteiger partial charge in [-0.1, -0.05) is 22.0 Å². The second-order valence-corrected chi connectivity index (χ2v) is 7.72. The van der Waals surface area contributed by atoms with Gasteiger partial charge >= 0.3 is 0 Å². The number of carbonyl (C=O) groups is 1. The van der Waals surface area contributed by atoms with Crippen molar-refractivity contribution in [2.24, 2.45) is 0 Å². The Bertz CT molecular complexity index is 976. The molecule has 2 aromatic rings. The first kappa shape index (κ1) is 19.4. The lowest BCUT2D eigenvalue weighted by atomic mass is 10.2. The third-order valence-electron chi connectivity index (χ3n) is 3.30. The molecule has 0 unspecified atom stereocenters. The molecule has 0 heterocycles. The maximum absolute atomic E-state index is 12.5. The third-order valence-corrected chi connectivity index (χ3v) is 5.21. The fourth-order valence-electron chi connectivity index (χ4n) is 2.08. The number of hydrogen-bond acceptors (Lipinski definition) is 5. The summed E-state index contributed by atoms with van der Waals surface area (Å²) < 4.78 is 28.3. The molecule has 1 N–H and O–H groups in total. The molecule has 0 aliphatic heterocycles. The molecule has 0 radical (unpaired) electrons. The van der Waals surface area contributed by atoms with Crippen LogP contribution in [0.15, 0.2) is 57.9 Å². The van der Waals surface area contributed by atoms with Crippen molar-refractivity contribution in [3.8, 4) is 12.1 Å². The molecule has 0 aliphatic rings. The summed E-state index contributed by atoms with van der Waals surface area (Å²) in [5, 5.41) is 17.5. The van der Waals surface area contributed by atoms with Crippen molar-refractivity contribution < 1.29 is 13.2 Å². The highest BCUT2D eigenvalue weighted by Gasteiger charge is 2.19. The molecule has 0 saturated carbocycles. The fraction of sp³-hybridized carbons (Fsp3) is 0.118. The van der Waals surface area contributed by atoms with Gasteiger partial charge in [0.05, 0.1) is 17.0 Å². The van der Waals surface area contributed by atoms with Gasteiger partial charge in [-0.05, 0) is 42.5 Å². The molecule has 0 spiro atoms. The van der Waals surface area contributed by atoms with Crippen LogP contribution in [0.25, 0.3) is 0 Å². The standard InChI is InChI=1S/C17H13BrN4O3S/c18-14-4-6-15(7-5-14)21-26(24,25)16-3-1-2-13(12-16)17(23)22(10-8-19)11-9-20/h1-7,12,21H,10-11H2. The summed E-state index contributed by atoms with van der Waals surface area (Å²) in [4.78, 5) is 13.3. The van der Waals surface area contributed by atoms with Crippen LogP contribution in [0.1, 0.15) is 10.4 Å². The van der Waals surface area contributed by atoms with Gasteiger partial charge in [-0.2, -0.15) is 10.5 Å². The van der Waals surface area contributed by atoms with Crippen LogP contribution in [-0.2, 0) is 10.0 Å². The normalized spacial score (nSPS) is 10.4. The van der Waals surface area contributed by atoms with Gasteiger partial charge in [0.25, 0.3) is 15.9 Å². The summed E-state index contributed by atoms with van der Waals surface area (Å²) >= 11 is 3.27. The van der Waals surface area contributed by atoms with E-state index in [0.717, 1.165) is 9.37 Å². The maximum atomic E-state index is 12.5. The van der Waals surface area contributed by atoms with Crippen LogP contribution in [0.3, 0.4) is 0 Å².